The molecular formula is C14H18N2OS. The van der Waals surface area contributed by atoms with Crippen molar-refractivity contribution in [1.82, 2.24) is 10.3 Å². The largest absolute Gasteiger partial charge is 0.496 e. The number of methoxy groups -OCH3 is 1. The molecule has 18 heavy (non-hydrogen) atoms. The topological polar surface area (TPSA) is 34.2 Å². The Bertz CT molecular complexity index is 549. The molecule has 1 aromatic heterocycles. The van der Waals surface area contributed by atoms with Crippen molar-refractivity contribution >= 4 is 11.3 Å². The molecule has 1 heterocycles. The van der Waals surface area contributed by atoms with Crippen molar-refractivity contribution in [2.45, 2.75) is 20.4 Å². The smallest absolute Gasteiger partial charge is 0.128 e. The van der Waals surface area contributed by atoms with Crippen LogP contribution in [0.1, 0.15) is 16.1 Å². The lowest BCUT2D eigenvalue weighted by Gasteiger charge is -2.10. The van der Waals surface area contributed by atoms with Crippen LogP contribution in [0.25, 0.3) is 11.3 Å². The van der Waals surface area contributed by atoms with Crippen molar-refractivity contribution in [2.75, 3.05) is 14.2 Å². The highest BCUT2D eigenvalue weighted by molar-refractivity contribution is 7.09. The van der Waals surface area contributed by atoms with Crippen LogP contribution in [0.4, 0.5) is 0 Å². The molecule has 3 nitrogen and oxygen atoms in total. The number of rotatable bonds is 4. The molecule has 1 N–H and O–H groups in total. The van der Waals surface area contributed by atoms with Gasteiger partial charge in [-0.3, -0.25) is 0 Å². The van der Waals surface area contributed by atoms with Crippen molar-refractivity contribution < 1.29 is 4.74 Å². The van der Waals surface area contributed by atoms with Crippen LogP contribution in [-0.4, -0.2) is 19.1 Å². The standard InChI is InChI=1S/C14H18N2OS/c1-9-5-11(13(17-4)6-10(9)2)12-8-18-14(16-12)7-15-3/h5-6,8,15H,7H2,1-4H3. The zero-order valence-corrected chi connectivity index (χ0v) is 12.0. The zero-order chi connectivity index (χ0) is 13.1. The molecule has 96 valence electrons. The highest BCUT2D eigenvalue weighted by atomic mass is 32.1. The summed E-state index contributed by atoms with van der Waals surface area (Å²) < 4.78 is 5.45. The molecule has 2 rings (SSSR count). The van der Waals surface area contributed by atoms with E-state index < -0.39 is 0 Å². The average Bonchev–Trinajstić information content (AvgIpc) is 2.81. The van der Waals surface area contributed by atoms with E-state index in [1.807, 2.05) is 7.05 Å². The minimum atomic E-state index is 0.803. The Kier molecular flexibility index (Phi) is 3.99. The lowest BCUT2D eigenvalue weighted by atomic mass is 10.0. The van der Waals surface area contributed by atoms with Crippen LogP contribution >= 0.6 is 11.3 Å². The molecule has 0 radical (unpaired) electrons. The molecule has 4 heteroatoms. The molecule has 0 aliphatic rings. The van der Waals surface area contributed by atoms with E-state index in [2.05, 4.69) is 41.7 Å². The van der Waals surface area contributed by atoms with Crippen LogP contribution in [-0.2, 0) is 6.54 Å². The lowest BCUT2D eigenvalue weighted by Crippen LogP contribution is -2.04. The quantitative estimate of drug-likeness (QED) is 0.919. The fourth-order valence-electron chi connectivity index (χ4n) is 1.83. The Morgan fingerprint density at radius 3 is 2.67 bits per heavy atom. The first-order valence-corrected chi connectivity index (χ1v) is 6.78. The first-order valence-electron chi connectivity index (χ1n) is 5.90. The second-order valence-electron chi connectivity index (χ2n) is 4.29. The van der Waals surface area contributed by atoms with Crippen molar-refractivity contribution in [1.29, 1.82) is 0 Å². The van der Waals surface area contributed by atoms with E-state index >= 15 is 0 Å². The van der Waals surface area contributed by atoms with E-state index in [1.54, 1.807) is 18.4 Å². The Balaban J connectivity index is 2.45. The fourth-order valence-corrected chi connectivity index (χ4v) is 2.63. The van der Waals surface area contributed by atoms with E-state index in [0.717, 1.165) is 28.6 Å². The van der Waals surface area contributed by atoms with Crippen LogP contribution < -0.4 is 10.1 Å². The molecule has 0 saturated carbocycles. The van der Waals surface area contributed by atoms with Crippen molar-refractivity contribution in [2.24, 2.45) is 0 Å². The monoisotopic (exact) mass is 262 g/mol. The first kappa shape index (κ1) is 13.1. The van der Waals surface area contributed by atoms with Crippen LogP contribution in [0.5, 0.6) is 5.75 Å². The van der Waals surface area contributed by atoms with Gasteiger partial charge < -0.3 is 10.1 Å². The fraction of sp³-hybridized carbons (Fsp3) is 0.357. The number of nitrogens with zero attached hydrogens (tertiary/aromatic N) is 1. The normalized spacial score (nSPS) is 10.7. The second kappa shape index (κ2) is 5.50. The molecular weight excluding hydrogens is 244 g/mol. The average molecular weight is 262 g/mol. The van der Waals surface area contributed by atoms with Gasteiger partial charge in [0.25, 0.3) is 0 Å². The lowest BCUT2D eigenvalue weighted by molar-refractivity contribution is 0.416. The third-order valence-corrected chi connectivity index (χ3v) is 3.82. The van der Waals surface area contributed by atoms with Crippen molar-refractivity contribution in [3.63, 3.8) is 0 Å². The summed E-state index contributed by atoms with van der Waals surface area (Å²) in [6.45, 7) is 5.01. The van der Waals surface area contributed by atoms with Gasteiger partial charge in [0.15, 0.2) is 0 Å². The molecule has 0 fully saturated rings. The summed E-state index contributed by atoms with van der Waals surface area (Å²) in [6.07, 6.45) is 0. The highest BCUT2D eigenvalue weighted by Crippen LogP contribution is 2.33. The van der Waals surface area contributed by atoms with Gasteiger partial charge in [0.05, 0.1) is 12.8 Å². The number of thiazole rings is 1. The van der Waals surface area contributed by atoms with Gasteiger partial charge in [-0.1, -0.05) is 0 Å². The molecule has 0 aliphatic heterocycles. The molecule has 0 amide bonds. The maximum atomic E-state index is 5.45. The van der Waals surface area contributed by atoms with Crippen LogP contribution in [0, 0.1) is 13.8 Å². The van der Waals surface area contributed by atoms with Crippen LogP contribution in [0.15, 0.2) is 17.5 Å². The van der Waals surface area contributed by atoms with Crippen molar-refractivity contribution in [3.8, 4) is 17.0 Å². The van der Waals surface area contributed by atoms with E-state index in [4.69, 9.17) is 4.74 Å². The molecule has 0 unspecified atom stereocenters. The van der Waals surface area contributed by atoms with Gasteiger partial charge in [-0.05, 0) is 44.2 Å². The third kappa shape index (κ3) is 2.54. The number of hydrogen-bond donors (Lipinski definition) is 1. The third-order valence-electron chi connectivity index (χ3n) is 2.97. The minimum absolute atomic E-state index is 0.803. The van der Waals surface area contributed by atoms with E-state index in [0.29, 0.717) is 0 Å². The summed E-state index contributed by atoms with van der Waals surface area (Å²) in [5, 5.41) is 6.29. The van der Waals surface area contributed by atoms with E-state index in [-0.39, 0.29) is 0 Å². The highest BCUT2D eigenvalue weighted by Gasteiger charge is 2.11. The van der Waals surface area contributed by atoms with Gasteiger partial charge >= 0.3 is 0 Å². The van der Waals surface area contributed by atoms with Crippen LogP contribution in [0.2, 0.25) is 0 Å². The van der Waals surface area contributed by atoms with Crippen LogP contribution in [0.3, 0.4) is 0 Å². The number of aryl methyl sites for hydroxylation is 2. The molecule has 0 spiro atoms. The van der Waals surface area contributed by atoms with E-state index in [1.165, 1.54) is 11.1 Å². The maximum absolute atomic E-state index is 5.45. The summed E-state index contributed by atoms with van der Waals surface area (Å²) in [4.78, 5) is 4.63. The molecule has 2 aromatic rings. The van der Waals surface area contributed by atoms with Gasteiger partial charge in [-0.25, -0.2) is 4.98 Å². The summed E-state index contributed by atoms with van der Waals surface area (Å²) >= 11 is 1.67. The predicted octanol–water partition coefficient (Wildman–Crippen LogP) is 3.15. The number of nitrogens with one attached hydrogen (secondary N) is 1. The SMILES string of the molecule is CNCc1nc(-c2cc(C)c(C)cc2OC)cs1. The summed E-state index contributed by atoms with van der Waals surface area (Å²) in [7, 11) is 3.63. The molecule has 0 atom stereocenters. The molecule has 0 bridgehead atoms. The number of aromatic nitrogens is 1. The zero-order valence-electron chi connectivity index (χ0n) is 11.2. The van der Waals surface area contributed by atoms with E-state index in [9.17, 15) is 0 Å². The predicted molar refractivity (Wildman–Crippen MR) is 76.3 cm³/mol. The molecule has 0 aliphatic carbocycles. The first-order chi connectivity index (χ1) is 8.65. The van der Waals surface area contributed by atoms with Gasteiger partial charge in [-0.15, -0.1) is 11.3 Å². The number of benzene rings is 1. The second-order valence-corrected chi connectivity index (χ2v) is 5.24. The Morgan fingerprint density at radius 1 is 1.28 bits per heavy atom. The van der Waals surface area contributed by atoms with Gasteiger partial charge in [-0.2, -0.15) is 0 Å². The Hall–Kier alpha value is -1.39. The minimum Gasteiger partial charge on any atom is -0.496 e. The summed E-state index contributed by atoms with van der Waals surface area (Å²) in [6, 6.07) is 4.22. The molecule has 0 saturated heterocycles. The Morgan fingerprint density at radius 2 is 2.00 bits per heavy atom. The molecule has 1 aromatic carbocycles. The summed E-state index contributed by atoms with van der Waals surface area (Å²) in [5.74, 6) is 0.888. The maximum Gasteiger partial charge on any atom is 0.128 e. The Labute approximate surface area is 112 Å². The summed E-state index contributed by atoms with van der Waals surface area (Å²) in [5.41, 5.74) is 4.56. The van der Waals surface area contributed by atoms with Gasteiger partial charge in [0, 0.05) is 17.5 Å². The van der Waals surface area contributed by atoms with Crippen molar-refractivity contribution in [3.05, 3.63) is 33.6 Å². The van der Waals surface area contributed by atoms with Gasteiger partial charge in [0.2, 0.25) is 0 Å². The van der Waals surface area contributed by atoms with Gasteiger partial charge in [0.1, 0.15) is 10.8 Å². The number of ether oxygens (including phenoxy) is 1. The number of hydrogen-bond acceptors (Lipinski definition) is 4.